The minimum absolute atomic E-state index is 0. The standard InChI is InChI=1S/C15H23N3O.2ClH/c16-10-15(19)17-11-13-6-8-18(9-7-13)12-14-4-2-1-3-5-14;;/h1-5,13H,6-12,16H2,(H,17,19);2*1H. The van der Waals surface area contributed by atoms with Gasteiger partial charge in [0.15, 0.2) is 0 Å². The van der Waals surface area contributed by atoms with Crippen LogP contribution in [0.3, 0.4) is 0 Å². The summed E-state index contributed by atoms with van der Waals surface area (Å²) in [4.78, 5) is 13.6. The molecule has 0 bridgehead atoms. The number of amides is 1. The van der Waals surface area contributed by atoms with Gasteiger partial charge in [-0.15, -0.1) is 24.8 Å². The van der Waals surface area contributed by atoms with Gasteiger partial charge in [-0.2, -0.15) is 0 Å². The van der Waals surface area contributed by atoms with E-state index in [2.05, 4.69) is 40.5 Å². The van der Waals surface area contributed by atoms with E-state index >= 15 is 0 Å². The number of halogens is 2. The van der Waals surface area contributed by atoms with E-state index in [1.54, 1.807) is 0 Å². The summed E-state index contributed by atoms with van der Waals surface area (Å²) in [5.41, 5.74) is 6.65. The third kappa shape index (κ3) is 7.14. The van der Waals surface area contributed by atoms with Crippen molar-refractivity contribution < 1.29 is 4.79 Å². The van der Waals surface area contributed by atoms with E-state index in [1.165, 1.54) is 5.56 Å². The van der Waals surface area contributed by atoms with Gasteiger partial charge in [0.2, 0.25) is 5.91 Å². The van der Waals surface area contributed by atoms with Crippen molar-refractivity contribution in [1.29, 1.82) is 0 Å². The molecule has 2 rings (SSSR count). The van der Waals surface area contributed by atoms with Gasteiger partial charge in [0.25, 0.3) is 0 Å². The summed E-state index contributed by atoms with van der Waals surface area (Å²) in [6.07, 6.45) is 2.30. The molecular formula is C15H25Cl2N3O. The number of carbonyl (C=O) groups excluding carboxylic acids is 1. The highest BCUT2D eigenvalue weighted by molar-refractivity contribution is 5.85. The quantitative estimate of drug-likeness (QED) is 0.864. The summed E-state index contributed by atoms with van der Waals surface area (Å²) >= 11 is 0. The minimum Gasteiger partial charge on any atom is -0.355 e. The Labute approximate surface area is 139 Å². The number of likely N-dealkylation sites (tertiary alicyclic amines) is 1. The molecule has 1 aliphatic rings. The highest BCUT2D eigenvalue weighted by atomic mass is 35.5. The van der Waals surface area contributed by atoms with E-state index in [-0.39, 0.29) is 37.3 Å². The Balaban J connectivity index is 0.00000200. The van der Waals surface area contributed by atoms with Gasteiger partial charge in [0, 0.05) is 13.1 Å². The van der Waals surface area contributed by atoms with Crippen molar-refractivity contribution >= 4 is 30.7 Å². The first-order chi connectivity index (χ1) is 9.28. The summed E-state index contributed by atoms with van der Waals surface area (Å²) in [6, 6.07) is 10.6. The SMILES string of the molecule is Cl.Cl.NCC(=O)NCC1CCN(Cc2ccccc2)CC1. The lowest BCUT2D eigenvalue weighted by Crippen LogP contribution is -2.39. The van der Waals surface area contributed by atoms with Crippen LogP contribution in [0.5, 0.6) is 0 Å². The molecule has 3 N–H and O–H groups in total. The smallest absolute Gasteiger partial charge is 0.233 e. The van der Waals surface area contributed by atoms with Crippen LogP contribution >= 0.6 is 24.8 Å². The lowest BCUT2D eigenvalue weighted by atomic mass is 9.96. The van der Waals surface area contributed by atoms with Crippen LogP contribution in [0.4, 0.5) is 0 Å². The molecule has 120 valence electrons. The number of nitrogens with zero attached hydrogens (tertiary/aromatic N) is 1. The van der Waals surface area contributed by atoms with Crippen molar-refractivity contribution in [3.05, 3.63) is 35.9 Å². The molecule has 6 heteroatoms. The van der Waals surface area contributed by atoms with E-state index in [1.807, 2.05) is 0 Å². The maximum atomic E-state index is 11.1. The van der Waals surface area contributed by atoms with Crippen molar-refractivity contribution in [1.82, 2.24) is 10.2 Å². The molecule has 1 fully saturated rings. The van der Waals surface area contributed by atoms with Gasteiger partial charge in [-0.05, 0) is 37.4 Å². The first kappa shape index (κ1) is 20.2. The molecule has 0 spiro atoms. The van der Waals surface area contributed by atoms with Crippen LogP contribution in [-0.4, -0.2) is 37.0 Å². The summed E-state index contributed by atoms with van der Waals surface area (Å²) < 4.78 is 0. The van der Waals surface area contributed by atoms with Gasteiger partial charge >= 0.3 is 0 Å². The van der Waals surface area contributed by atoms with E-state index in [4.69, 9.17) is 5.73 Å². The largest absolute Gasteiger partial charge is 0.355 e. The molecule has 0 aliphatic carbocycles. The van der Waals surface area contributed by atoms with Gasteiger partial charge in [0.1, 0.15) is 0 Å². The zero-order chi connectivity index (χ0) is 13.5. The highest BCUT2D eigenvalue weighted by Crippen LogP contribution is 2.18. The third-order valence-corrected chi connectivity index (χ3v) is 3.73. The number of nitrogens with two attached hydrogens (primary N) is 1. The molecule has 1 aromatic rings. The summed E-state index contributed by atoms with van der Waals surface area (Å²) in [6.45, 7) is 4.11. The zero-order valence-electron chi connectivity index (χ0n) is 12.2. The molecule has 1 heterocycles. The van der Waals surface area contributed by atoms with Crippen LogP contribution in [0.15, 0.2) is 30.3 Å². The second-order valence-corrected chi connectivity index (χ2v) is 5.21. The van der Waals surface area contributed by atoms with Crippen molar-refractivity contribution in [3.63, 3.8) is 0 Å². The number of rotatable bonds is 5. The van der Waals surface area contributed by atoms with Gasteiger partial charge in [-0.1, -0.05) is 30.3 Å². The Hall–Kier alpha value is -0.810. The van der Waals surface area contributed by atoms with Crippen molar-refractivity contribution in [3.8, 4) is 0 Å². The molecular weight excluding hydrogens is 309 g/mol. The number of piperidine rings is 1. The molecule has 4 nitrogen and oxygen atoms in total. The molecule has 0 atom stereocenters. The van der Waals surface area contributed by atoms with E-state index in [9.17, 15) is 4.79 Å². The number of hydrogen-bond acceptors (Lipinski definition) is 3. The molecule has 0 aromatic heterocycles. The number of benzene rings is 1. The molecule has 21 heavy (non-hydrogen) atoms. The number of carbonyl (C=O) groups is 1. The van der Waals surface area contributed by atoms with Gasteiger partial charge in [-0.25, -0.2) is 0 Å². The van der Waals surface area contributed by atoms with E-state index < -0.39 is 0 Å². The topological polar surface area (TPSA) is 58.4 Å². The number of hydrogen-bond donors (Lipinski definition) is 2. The molecule has 1 aromatic carbocycles. The fraction of sp³-hybridized carbons (Fsp3) is 0.533. The highest BCUT2D eigenvalue weighted by Gasteiger charge is 2.19. The van der Waals surface area contributed by atoms with E-state index in [0.717, 1.165) is 39.0 Å². The predicted octanol–water partition coefficient (Wildman–Crippen LogP) is 1.82. The summed E-state index contributed by atoms with van der Waals surface area (Å²) in [5, 5.41) is 2.88. The molecule has 1 aliphatic heterocycles. The van der Waals surface area contributed by atoms with Crippen molar-refractivity contribution in [2.45, 2.75) is 19.4 Å². The second-order valence-electron chi connectivity index (χ2n) is 5.21. The van der Waals surface area contributed by atoms with Crippen LogP contribution in [0, 0.1) is 5.92 Å². The Bertz CT molecular complexity index is 395. The summed E-state index contributed by atoms with van der Waals surface area (Å²) in [5.74, 6) is 0.550. The fourth-order valence-electron chi connectivity index (χ4n) is 2.52. The van der Waals surface area contributed by atoms with Crippen LogP contribution in [0.1, 0.15) is 18.4 Å². The van der Waals surface area contributed by atoms with Crippen molar-refractivity contribution in [2.24, 2.45) is 11.7 Å². The molecule has 0 saturated carbocycles. The van der Waals surface area contributed by atoms with Gasteiger partial charge in [0.05, 0.1) is 6.54 Å². The first-order valence-electron chi connectivity index (χ1n) is 7.01. The Morgan fingerprint density at radius 2 is 1.81 bits per heavy atom. The Morgan fingerprint density at radius 3 is 2.38 bits per heavy atom. The average molecular weight is 334 g/mol. The van der Waals surface area contributed by atoms with E-state index in [0.29, 0.717) is 5.92 Å². The van der Waals surface area contributed by atoms with Crippen LogP contribution in [-0.2, 0) is 11.3 Å². The van der Waals surface area contributed by atoms with Crippen LogP contribution < -0.4 is 11.1 Å². The molecule has 1 amide bonds. The van der Waals surface area contributed by atoms with Gasteiger partial charge in [-0.3, -0.25) is 9.69 Å². The maximum Gasteiger partial charge on any atom is 0.233 e. The lowest BCUT2D eigenvalue weighted by Gasteiger charge is -2.32. The maximum absolute atomic E-state index is 11.1. The lowest BCUT2D eigenvalue weighted by molar-refractivity contribution is -0.120. The Kier molecular flexibility index (Phi) is 10.4. The van der Waals surface area contributed by atoms with Crippen LogP contribution in [0.2, 0.25) is 0 Å². The normalized spacial score (nSPS) is 15.7. The first-order valence-corrected chi connectivity index (χ1v) is 7.01. The average Bonchev–Trinajstić information content (AvgIpc) is 2.47. The molecule has 0 radical (unpaired) electrons. The monoisotopic (exact) mass is 333 g/mol. The van der Waals surface area contributed by atoms with Gasteiger partial charge < -0.3 is 11.1 Å². The minimum atomic E-state index is -0.0493. The van der Waals surface area contributed by atoms with Crippen molar-refractivity contribution in [2.75, 3.05) is 26.2 Å². The third-order valence-electron chi connectivity index (χ3n) is 3.73. The fourth-order valence-corrected chi connectivity index (χ4v) is 2.52. The summed E-state index contributed by atoms with van der Waals surface area (Å²) in [7, 11) is 0. The molecule has 0 unspecified atom stereocenters. The second kappa shape index (κ2) is 10.9. The number of nitrogens with one attached hydrogen (secondary N) is 1. The molecule has 1 saturated heterocycles. The predicted molar refractivity (Wildman–Crippen MR) is 91.0 cm³/mol. The van der Waals surface area contributed by atoms with Crippen LogP contribution in [0.25, 0.3) is 0 Å². The Morgan fingerprint density at radius 1 is 1.19 bits per heavy atom. The zero-order valence-corrected chi connectivity index (χ0v) is 13.8.